The van der Waals surface area contributed by atoms with E-state index in [-0.39, 0.29) is 0 Å². The highest BCUT2D eigenvalue weighted by Gasteiger charge is 2.09. The number of anilines is 1. The van der Waals surface area contributed by atoms with Crippen LogP contribution < -0.4 is 5.32 Å². The highest BCUT2D eigenvalue weighted by atomic mass is 127. The molecule has 0 amide bonds. The molecule has 3 heteroatoms. The number of rotatable bonds is 3. The molecule has 2 rings (SSSR count). The average molecular weight is 357 g/mol. The molecule has 1 atom stereocenters. The van der Waals surface area contributed by atoms with Gasteiger partial charge in [0.05, 0.1) is 6.04 Å². The van der Waals surface area contributed by atoms with E-state index >= 15 is 0 Å². The first-order valence-electron chi connectivity index (χ1n) is 5.64. The van der Waals surface area contributed by atoms with Gasteiger partial charge in [0.2, 0.25) is 0 Å². The molecule has 1 aromatic carbocycles. The molecule has 1 nitrogen and oxygen atoms in total. The molecular formula is C14H16INS. The van der Waals surface area contributed by atoms with Crippen LogP contribution in [0.5, 0.6) is 0 Å². The molecule has 90 valence electrons. The van der Waals surface area contributed by atoms with Crippen LogP contribution >= 0.6 is 33.9 Å². The summed E-state index contributed by atoms with van der Waals surface area (Å²) in [5.74, 6) is 0. The van der Waals surface area contributed by atoms with Gasteiger partial charge in [-0.05, 0) is 78.1 Å². The second-order valence-corrected chi connectivity index (χ2v) is 6.41. The monoisotopic (exact) mass is 357 g/mol. The highest BCUT2D eigenvalue weighted by Crippen LogP contribution is 2.27. The van der Waals surface area contributed by atoms with Gasteiger partial charge in [0.1, 0.15) is 0 Å². The summed E-state index contributed by atoms with van der Waals surface area (Å²) in [4.78, 5) is 1.42. The molecular weight excluding hydrogens is 341 g/mol. The van der Waals surface area contributed by atoms with E-state index in [4.69, 9.17) is 0 Å². The second kappa shape index (κ2) is 5.40. The van der Waals surface area contributed by atoms with Gasteiger partial charge in [-0.25, -0.2) is 0 Å². The third-order valence-corrected chi connectivity index (χ3v) is 5.21. The maximum atomic E-state index is 3.56. The van der Waals surface area contributed by atoms with E-state index in [1.54, 1.807) is 0 Å². The van der Waals surface area contributed by atoms with Crippen molar-refractivity contribution < 1.29 is 0 Å². The second-order valence-electron chi connectivity index (χ2n) is 4.30. The molecule has 1 heterocycles. The van der Waals surface area contributed by atoms with Gasteiger partial charge in [0.15, 0.2) is 0 Å². The van der Waals surface area contributed by atoms with Gasteiger partial charge in [-0.1, -0.05) is 6.07 Å². The highest BCUT2D eigenvalue weighted by molar-refractivity contribution is 14.1. The standard InChI is InChI=1S/C14H16INS/c1-9-4-5-12(8-13(9)15)16-11(3)14-10(2)6-7-17-14/h4-8,11,16H,1-3H3. The zero-order chi connectivity index (χ0) is 12.4. The number of halogens is 1. The molecule has 2 aromatic rings. The van der Waals surface area contributed by atoms with E-state index in [9.17, 15) is 0 Å². The van der Waals surface area contributed by atoms with Crippen LogP contribution in [0.15, 0.2) is 29.6 Å². The van der Waals surface area contributed by atoms with Crippen molar-refractivity contribution in [1.29, 1.82) is 0 Å². The zero-order valence-electron chi connectivity index (χ0n) is 10.3. The lowest BCUT2D eigenvalue weighted by atomic mass is 10.1. The third kappa shape index (κ3) is 3.01. The van der Waals surface area contributed by atoms with Gasteiger partial charge in [-0.15, -0.1) is 11.3 Å². The molecule has 0 fully saturated rings. The summed E-state index contributed by atoms with van der Waals surface area (Å²) in [5.41, 5.74) is 3.90. The van der Waals surface area contributed by atoms with E-state index in [1.807, 2.05) is 11.3 Å². The SMILES string of the molecule is Cc1ccc(NC(C)c2sccc2C)cc1I. The maximum Gasteiger partial charge on any atom is 0.0581 e. The Bertz CT molecular complexity index is 519. The van der Waals surface area contributed by atoms with Crippen molar-refractivity contribution in [3.05, 3.63) is 49.2 Å². The van der Waals surface area contributed by atoms with Gasteiger partial charge < -0.3 is 5.32 Å². The maximum absolute atomic E-state index is 3.56. The number of nitrogens with one attached hydrogen (secondary N) is 1. The fraction of sp³-hybridized carbons (Fsp3) is 0.286. The number of thiophene rings is 1. The predicted octanol–water partition coefficient (Wildman–Crippen LogP) is 5.14. The van der Waals surface area contributed by atoms with Gasteiger partial charge in [0.25, 0.3) is 0 Å². The first-order chi connectivity index (χ1) is 8.08. The molecule has 0 aliphatic carbocycles. The number of aryl methyl sites for hydroxylation is 2. The Morgan fingerprint density at radius 2 is 1.94 bits per heavy atom. The average Bonchev–Trinajstić information content (AvgIpc) is 2.70. The van der Waals surface area contributed by atoms with Crippen LogP contribution in [-0.2, 0) is 0 Å². The van der Waals surface area contributed by atoms with Gasteiger partial charge >= 0.3 is 0 Å². The Labute approximate surface area is 120 Å². The lowest BCUT2D eigenvalue weighted by Gasteiger charge is -2.15. The summed E-state index contributed by atoms with van der Waals surface area (Å²) in [6.07, 6.45) is 0. The lowest BCUT2D eigenvalue weighted by molar-refractivity contribution is 0.899. The minimum atomic E-state index is 0.369. The van der Waals surface area contributed by atoms with Crippen molar-refractivity contribution in [2.24, 2.45) is 0 Å². The van der Waals surface area contributed by atoms with Crippen LogP contribution in [0.4, 0.5) is 5.69 Å². The van der Waals surface area contributed by atoms with Crippen LogP contribution in [0, 0.1) is 17.4 Å². The van der Waals surface area contributed by atoms with Crippen molar-refractivity contribution in [2.45, 2.75) is 26.8 Å². The van der Waals surface area contributed by atoms with Crippen molar-refractivity contribution in [3.8, 4) is 0 Å². The molecule has 0 spiro atoms. The van der Waals surface area contributed by atoms with E-state index in [0.717, 1.165) is 0 Å². The largest absolute Gasteiger partial charge is 0.378 e. The van der Waals surface area contributed by atoms with Crippen LogP contribution in [0.3, 0.4) is 0 Å². The molecule has 17 heavy (non-hydrogen) atoms. The first-order valence-corrected chi connectivity index (χ1v) is 7.60. The van der Waals surface area contributed by atoms with E-state index in [2.05, 4.69) is 78.3 Å². The topological polar surface area (TPSA) is 12.0 Å². The molecule has 1 unspecified atom stereocenters. The number of benzene rings is 1. The van der Waals surface area contributed by atoms with Crippen molar-refractivity contribution in [2.75, 3.05) is 5.32 Å². The van der Waals surface area contributed by atoms with Crippen LogP contribution in [0.1, 0.15) is 29.0 Å². The third-order valence-electron chi connectivity index (χ3n) is 2.85. The normalized spacial score (nSPS) is 12.5. The first kappa shape index (κ1) is 12.9. The molecule has 0 bridgehead atoms. The molecule has 1 N–H and O–H groups in total. The number of hydrogen-bond donors (Lipinski definition) is 1. The Kier molecular flexibility index (Phi) is 4.09. The van der Waals surface area contributed by atoms with Crippen LogP contribution in [0.25, 0.3) is 0 Å². The Morgan fingerprint density at radius 3 is 2.53 bits per heavy atom. The van der Waals surface area contributed by atoms with E-state index < -0.39 is 0 Å². The minimum Gasteiger partial charge on any atom is -0.378 e. The summed E-state index contributed by atoms with van der Waals surface area (Å²) in [6.45, 7) is 6.52. The molecule has 0 saturated carbocycles. The van der Waals surface area contributed by atoms with E-state index in [0.29, 0.717) is 6.04 Å². The van der Waals surface area contributed by atoms with Crippen molar-refractivity contribution in [1.82, 2.24) is 0 Å². The molecule has 0 saturated heterocycles. The molecule has 0 aliphatic heterocycles. The van der Waals surface area contributed by atoms with Crippen molar-refractivity contribution >= 4 is 39.6 Å². The summed E-state index contributed by atoms with van der Waals surface area (Å²) in [7, 11) is 0. The van der Waals surface area contributed by atoms with Crippen LogP contribution in [0.2, 0.25) is 0 Å². The fourth-order valence-corrected chi connectivity index (χ4v) is 3.28. The minimum absolute atomic E-state index is 0.369. The Hall–Kier alpha value is -0.550. The van der Waals surface area contributed by atoms with E-state index in [1.165, 1.54) is 25.3 Å². The van der Waals surface area contributed by atoms with Gasteiger partial charge in [-0.2, -0.15) is 0 Å². The summed E-state index contributed by atoms with van der Waals surface area (Å²) in [6, 6.07) is 9.06. The summed E-state index contributed by atoms with van der Waals surface area (Å²) >= 11 is 4.20. The fourth-order valence-electron chi connectivity index (χ4n) is 1.83. The molecule has 0 aliphatic rings. The molecule has 0 radical (unpaired) electrons. The number of hydrogen-bond acceptors (Lipinski definition) is 2. The van der Waals surface area contributed by atoms with Crippen molar-refractivity contribution in [3.63, 3.8) is 0 Å². The molecule has 1 aromatic heterocycles. The predicted molar refractivity (Wildman–Crippen MR) is 85.0 cm³/mol. The quantitative estimate of drug-likeness (QED) is 0.750. The Morgan fingerprint density at radius 1 is 1.18 bits per heavy atom. The smallest absolute Gasteiger partial charge is 0.0581 e. The van der Waals surface area contributed by atoms with Gasteiger partial charge in [0, 0.05) is 14.1 Å². The lowest BCUT2D eigenvalue weighted by Crippen LogP contribution is -2.06. The zero-order valence-corrected chi connectivity index (χ0v) is 13.2. The summed E-state index contributed by atoms with van der Waals surface area (Å²) < 4.78 is 1.31. The summed E-state index contributed by atoms with van der Waals surface area (Å²) in [5, 5.41) is 5.71. The van der Waals surface area contributed by atoms with Gasteiger partial charge in [-0.3, -0.25) is 0 Å². The van der Waals surface area contributed by atoms with Crippen LogP contribution in [-0.4, -0.2) is 0 Å². The Balaban J connectivity index is 2.16.